The molecule has 4 aliphatic rings. The van der Waals surface area contributed by atoms with E-state index in [-0.39, 0.29) is 50.9 Å². The van der Waals surface area contributed by atoms with Gasteiger partial charge in [-0.2, -0.15) is 16.6 Å². The Morgan fingerprint density at radius 3 is 1.60 bits per heavy atom. The molecular weight excluding hydrogens is 1190 g/mol. The van der Waals surface area contributed by atoms with Crippen LogP contribution >= 0.6 is 15.9 Å². The van der Waals surface area contributed by atoms with Crippen LogP contribution in [0.5, 0.6) is 0 Å². The summed E-state index contributed by atoms with van der Waals surface area (Å²) in [5.74, 6) is 1.51. The fraction of sp³-hybridized carbons (Fsp3) is 0.508. The minimum Gasteiger partial charge on any atom is -0.444 e. The van der Waals surface area contributed by atoms with E-state index < -0.39 is 17.3 Å². The molecule has 0 aliphatic carbocycles. The molecule has 12 rings (SSSR count). The van der Waals surface area contributed by atoms with Gasteiger partial charge in [-0.1, -0.05) is 32.9 Å². The number of aldehydes is 1. The smallest absolute Gasteiger partial charge is 0.444 e. The number of hydrogen-bond donors (Lipinski definition) is 1. The maximum absolute atomic E-state index is 12.5. The molecule has 4 aliphatic heterocycles. The van der Waals surface area contributed by atoms with Crippen LogP contribution in [0.1, 0.15) is 159 Å². The second kappa shape index (κ2) is 31.2. The topological polar surface area (TPSA) is 234 Å². The van der Waals surface area contributed by atoms with E-state index in [9.17, 15) is 19.5 Å². The molecule has 24 heteroatoms. The van der Waals surface area contributed by atoms with Crippen LogP contribution in [0.4, 0.5) is 21.2 Å². The molecule has 4 saturated heterocycles. The number of carbonyl (C=O) groups is 3. The Labute approximate surface area is 542 Å². The zero-order valence-electron chi connectivity index (χ0n) is 52.6. The van der Waals surface area contributed by atoms with Gasteiger partial charge in [-0.25, -0.2) is 38.9 Å². The van der Waals surface area contributed by atoms with Crippen LogP contribution in [0.25, 0.3) is 43.6 Å². The molecule has 89 heavy (non-hydrogen) atoms. The standard InChI is InChI=1S/C30H37N7O4.C17H21N5O3.C13H15BrN2O.C4H9.CH4.Li/c1-19-8-9-22-21(17-34-37(22)23-7-5-6-16-40-23)24(19)27(38)26-25-20(10-11-31-26)28(33-18-32-25)35-12-14-36(15-13-35)29(39)41-30(2,3)4;1-17(2,3)25-16(24)22-8-6-21(7-9-22)15-12-4-5-18-13(10-23)14(12)19-11-20-15;1-9-5-6-11-10(13(9)14)8-15-16(11)12-4-2-3-7-17-12;1-3-4-2;;/h8-11,17-18,23,27,38H,5-7,12-16H2,1-4H3;4-5,10-11H,6-9H2,1-3H3;5-6,8,12H,2-4,7H2,1H3;1,3-4H2,2H3;1H4;/q;;;-1;;+1. The van der Waals surface area contributed by atoms with Crippen molar-refractivity contribution in [3.63, 3.8) is 0 Å². The van der Waals surface area contributed by atoms with Gasteiger partial charge < -0.3 is 50.6 Å². The molecule has 10 heterocycles. The Balaban J connectivity index is 0.000000199. The third-order valence-electron chi connectivity index (χ3n) is 15.4. The molecule has 472 valence electrons. The fourth-order valence-corrected chi connectivity index (χ4v) is 11.3. The molecule has 22 nitrogen and oxygen atoms in total. The zero-order chi connectivity index (χ0) is 62.0. The van der Waals surface area contributed by atoms with E-state index in [0.29, 0.717) is 81.1 Å². The van der Waals surface area contributed by atoms with Gasteiger partial charge in [0.25, 0.3) is 0 Å². The summed E-state index contributed by atoms with van der Waals surface area (Å²) in [4.78, 5) is 69.9. The number of benzene rings is 2. The first-order valence-electron chi connectivity index (χ1n) is 30.2. The number of halogens is 1. The molecule has 0 saturated carbocycles. The number of aromatic nitrogens is 10. The van der Waals surface area contributed by atoms with Crippen molar-refractivity contribution in [3.05, 3.63) is 113 Å². The predicted octanol–water partition coefficient (Wildman–Crippen LogP) is 9.48. The average molecular weight is 1280 g/mol. The first kappa shape index (κ1) is 69.6. The molecule has 0 bridgehead atoms. The molecule has 2 aromatic carbocycles. The number of unbranched alkanes of at least 4 members (excludes halogenated alkanes) is 1. The van der Waals surface area contributed by atoms with Crippen molar-refractivity contribution in [1.82, 2.24) is 59.3 Å². The monoisotopic (exact) mass is 1280 g/mol. The van der Waals surface area contributed by atoms with Gasteiger partial charge >= 0.3 is 31.0 Å². The molecule has 3 atom stereocenters. The molecule has 6 aromatic heterocycles. The Kier molecular flexibility index (Phi) is 24.4. The van der Waals surface area contributed by atoms with Crippen molar-refractivity contribution >= 4 is 89.7 Å². The first-order chi connectivity index (χ1) is 41.8. The van der Waals surface area contributed by atoms with Gasteiger partial charge in [0, 0.05) is 110 Å². The number of fused-ring (bicyclic) bond motifs is 4. The minimum absolute atomic E-state index is 0. The Morgan fingerprint density at radius 1 is 0.663 bits per heavy atom. The number of nitrogens with zero attached hydrogens (tertiary/aromatic N) is 14. The average Bonchev–Trinajstić information content (AvgIpc) is 2.42. The molecule has 8 aromatic rings. The largest absolute Gasteiger partial charge is 1.00 e. The number of aliphatic hydroxyl groups is 1. The molecule has 1 N–H and O–H groups in total. The number of rotatable bonds is 8. The zero-order valence-corrected chi connectivity index (χ0v) is 54.2. The number of carbonyl (C=O) groups excluding carboxylic acids is 3. The second-order valence-electron chi connectivity index (χ2n) is 24.0. The van der Waals surface area contributed by atoms with Crippen molar-refractivity contribution in [1.29, 1.82) is 0 Å². The molecule has 0 radical (unpaired) electrons. The van der Waals surface area contributed by atoms with Crippen LogP contribution in [0.15, 0.2) is 78.3 Å². The Bertz CT molecular complexity index is 3660. The summed E-state index contributed by atoms with van der Waals surface area (Å²) >= 11 is 3.62. The van der Waals surface area contributed by atoms with E-state index in [2.05, 4.69) is 98.7 Å². The summed E-state index contributed by atoms with van der Waals surface area (Å²) in [7, 11) is 0. The summed E-state index contributed by atoms with van der Waals surface area (Å²) < 4.78 is 27.8. The second-order valence-corrected chi connectivity index (χ2v) is 24.8. The van der Waals surface area contributed by atoms with Gasteiger partial charge in [-0.15, -0.1) is 0 Å². The van der Waals surface area contributed by atoms with E-state index in [4.69, 9.17) is 18.9 Å². The SMILES string of the molecule is C.CC(C)(C)OC(=O)N1CCN(c2ncnc3c(C=O)nccc23)CC1.Cc1ccc2c(cnn2C2CCCCO2)c1Br.Cc1ccc2c(cnn2C2CCCCO2)c1C(O)c1nccc2c(N3CCN(C(=O)OC(C)(C)C)CC3)ncnc12.[CH2-]CCC.[Li+]. The van der Waals surface area contributed by atoms with Gasteiger partial charge in [-0.3, -0.25) is 14.8 Å². The predicted molar refractivity (Wildman–Crippen MR) is 345 cm³/mol. The molecule has 2 amide bonds. The quantitative estimate of drug-likeness (QED) is 0.0847. The van der Waals surface area contributed by atoms with Crippen LogP contribution in [-0.2, 0) is 18.9 Å². The van der Waals surface area contributed by atoms with E-state index in [1.165, 1.54) is 42.9 Å². The maximum Gasteiger partial charge on any atom is 1.00 e. The van der Waals surface area contributed by atoms with E-state index in [1.54, 1.807) is 28.3 Å². The number of anilines is 2. The van der Waals surface area contributed by atoms with Crippen LogP contribution in [0, 0.1) is 20.8 Å². The van der Waals surface area contributed by atoms with Crippen LogP contribution in [0.2, 0.25) is 0 Å². The summed E-state index contributed by atoms with van der Waals surface area (Å²) in [6.45, 7) is 27.2. The third-order valence-corrected chi connectivity index (χ3v) is 16.4. The van der Waals surface area contributed by atoms with E-state index in [1.807, 2.05) is 88.4 Å². The van der Waals surface area contributed by atoms with E-state index >= 15 is 0 Å². The fourth-order valence-electron chi connectivity index (χ4n) is 10.9. The summed E-state index contributed by atoms with van der Waals surface area (Å²) in [6, 6.07) is 12.0. The number of amides is 2. The summed E-state index contributed by atoms with van der Waals surface area (Å²) in [5, 5.41) is 24.6. The maximum atomic E-state index is 12.5. The number of aryl methyl sites for hydroxylation is 2. The normalized spacial score (nSPS) is 17.4. The van der Waals surface area contributed by atoms with Crippen molar-refractivity contribution in [2.75, 3.05) is 75.4 Å². The van der Waals surface area contributed by atoms with Crippen molar-refractivity contribution in [3.8, 4) is 0 Å². The van der Waals surface area contributed by atoms with Crippen LogP contribution in [0.3, 0.4) is 0 Å². The number of piperazine rings is 2. The minimum atomic E-state index is -1.01. The van der Waals surface area contributed by atoms with Gasteiger partial charge in [0.1, 0.15) is 58.3 Å². The molecule has 3 unspecified atom stereocenters. The Morgan fingerprint density at radius 2 is 1.12 bits per heavy atom. The van der Waals surface area contributed by atoms with Gasteiger partial charge in [0.15, 0.2) is 18.7 Å². The number of aliphatic hydroxyl groups excluding tert-OH is 1. The number of pyridine rings is 2. The summed E-state index contributed by atoms with van der Waals surface area (Å²) in [6.07, 6.45) is 17.8. The van der Waals surface area contributed by atoms with Crippen molar-refractivity contribution in [2.45, 2.75) is 151 Å². The number of hydrogen-bond acceptors (Lipinski definition) is 18. The molecular formula is C65H86BrLiN14O8. The Hall–Kier alpha value is -6.87. The van der Waals surface area contributed by atoms with Crippen LogP contribution in [-0.4, -0.2) is 160 Å². The van der Waals surface area contributed by atoms with Crippen molar-refractivity contribution < 1.29 is 57.3 Å². The summed E-state index contributed by atoms with van der Waals surface area (Å²) in [5.41, 5.74) is 5.88. The van der Waals surface area contributed by atoms with Crippen molar-refractivity contribution in [2.24, 2.45) is 0 Å². The van der Waals surface area contributed by atoms with Crippen LogP contribution < -0.4 is 28.7 Å². The third kappa shape index (κ3) is 16.8. The first-order valence-corrected chi connectivity index (χ1v) is 31.0. The van der Waals surface area contributed by atoms with Gasteiger partial charge in [0.2, 0.25) is 0 Å². The van der Waals surface area contributed by atoms with Gasteiger partial charge in [-0.05, 0) is 145 Å². The van der Waals surface area contributed by atoms with E-state index in [0.717, 1.165) is 99.7 Å². The van der Waals surface area contributed by atoms with Gasteiger partial charge in [0.05, 0.1) is 29.1 Å². The molecule has 0 spiro atoms. The molecule has 4 fully saturated rings. The number of ether oxygens (including phenoxy) is 4.